The van der Waals surface area contributed by atoms with Crippen LogP contribution in [0.2, 0.25) is 11.0 Å². The predicted octanol–water partition coefficient (Wildman–Crippen LogP) is 1.21. The van der Waals surface area contributed by atoms with E-state index in [0.29, 0.717) is 0 Å². The molecule has 0 aromatic heterocycles. The van der Waals surface area contributed by atoms with Crippen molar-refractivity contribution in [3.05, 3.63) is 0 Å². The van der Waals surface area contributed by atoms with E-state index in [4.69, 9.17) is 0 Å². The Balaban J connectivity index is 2.32. The van der Waals surface area contributed by atoms with Crippen molar-refractivity contribution in [2.75, 3.05) is 0 Å². The number of halogens is 1. The summed E-state index contributed by atoms with van der Waals surface area (Å²) in [4.78, 5) is 0. The van der Waals surface area contributed by atoms with E-state index in [-0.39, 0.29) is 0 Å². The van der Waals surface area contributed by atoms with Gasteiger partial charge in [-0.15, -0.1) is 0 Å². The Bertz CT molecular complexity index is 10.8. The molecule has 0 aliphatic carbocycles. The maximum absolute atomic E-state index is 11.2. The molecule has 0 aromatic rings. The van der Waals surface area contributed by atoms with Crippen molar-refractivity contribution in [2.24, 2.45) is 0 Å². The number of hydrogen-bond acceptors (Lipinski definition) is 0. The quantitative estimate of drug-likeness (QED) is 0.420. The summed E-state index contributed by atoms with van der Waals surface area (Å²) in [7, 11) is 0. The average molecular weight is 119 g/mol. The summed E-state index contributed by atoms with van der Waals surface area (Å²) in [5, 5.41) is 0. The molecule has 0 heterocycles. The molecule has 0 fully saturated rings. The molecule has 0 atom stereocenters. The van der Waals surface area contributed by atoms with Gasteiger partial charge in [0.25, 0.3) is 0 Å². The standard InChI is InChI=1S/2CH3.FH.Ga/h2*1H3;1H;/q;;;+1/p-1. The van der Waals surface area contributed by atoms with Crippen molar-refractivity contribution >= 4 is 16.7 Å². The summed E-state index contributed by atoms with van der Waals surface area (Å²) in [5.74, 6) is 0. The number of rotatable bonds is 0. The van der Waals surface area contributed by atoms with Gasteiger partial charge in [0.1, 0.15) is 0 Å². The first-order valence-electron chi connectivity index (χ1n) is 1.37. The zero-order chi connectivity index (χ0) is 3.58. The van der Waals surface area contributed by atoms with Gasteiger partial charge in [-0.2, -0.15) is 0 Å². The SMILES string of the molecule is [CH3][Ga]([CH3])[F]. The Morgan fingerprint density at radius 1 is 1.50 bits per heavy atom. The Morgan fingerprint density at radius 2 is 1.50 bits per heavy atom. The van der Waals surface area contributed by atoms with E-state index in [1.807, 2.05) is 0 Å². The Labute approximate surface area is 31.6 Å². The molecule has 0 unspecified atom stereocenters. The van der Waals surface area contributed by atoms with Gasteiger partial charge >= 0.3 is 31.0 Å². The van der Waals surface area contributed by atoms with Gasteiger partial charge in [0, 0.05) is 0 Å². The monoisotopic (exact) mass is 118 g/mol. The van der Waals surface area contributed by atoms with E-state index in [0.717, 1.165) is 0 Å². The molecule has 0 aliphatic heterocycles. The van der Waals surface area contributed by atoms with Crippen molar-refractivity contribution in [3.63, 3.8) is 0 Å². The number of hydrogen-bond donors (Lipinski definition) is 0. The van der Waals surface area contributed by atoms with E-state index >= 15 is 0 Å². The molecule has 0 rings (SSSR count). The molecule has 0 aliphatic rings. The second-order valence-corrected chi connectivity index (χ2v) is 5.27. The van der Waals surface area contributed by atoms with Crippen molar-refractivity contribution in [3.8, 4) is 0 Å². The summed E-state index contributed by atoms with van der Waals surface area (Å²) in [5.41, 5.74) is 3.38. The summed E-state index contributed by atoms with van der Waals surface area (Å²) >= 11 is -1.98. The second-order valence-electron chi connectivity index (χ2n) is 1.01. The van der Waals surface area contributed by atoms with Crippen LogP contribution < -0.4 is 0 Å². The molecule has 0 bridgehead atoms. The van der Waals surface area contributed by atoms with Crippen molar-refractivity contribution in [1.29, 1.82) is 0 Å². The summed E-state index contributed by atoms with van der Waals surface area (Å²) in [6.45, 7) is 0. The molecule has 0 radical (unpaired) electrons. The van der Waals surface area contributed by atoms with Crippen LogP contribution in [-0.4, -0.2) is 16.7 Å². The van der Waals surface area contributed by atoms with Gasteiger partial charge in [-0.1, -0.05) is 0 Å². The van der Waals surface area contributed by atoms with Gasteiger partial charge in [-0.05, 0) is 0 Å². The van der Waals surface area contributed by atoms with Crippen LogP contribution in [0.4, 0.5) is 3.29 Å². The fourth-order valence-corrected chi connectivity index (χ4v) is 0. The van der Waals surface area contributed by atoms with Crippen LogP contribution in [0.5, 0.6) is 0 Å². The minimum atomic E-state index is -1.98. The molecule has 0 aromatic carbocycles. The van der Waals surface area contributed by atoms with Crippen molar-refractivity contribution < 1.29 is 3.29 Å². The van der Waals surface area contributed by atoms with Gasteiger partial charge in [-0.3, -0.25) is 0 Å². The third-order valence-electron chi connectivity index (χ3n) is 0. The molecule has 2 heteroatoms. The van der Waals surface area contributed by atoms with Gasteiger partial charge < -0.3 is 0 Å². The molecule has 0 saturated heterocycles. The Kier molecular flexibility index (Phi) is 2.11. The predicted molar refractivity (Wildman–Crippen MR) is 18.6 cm³/mol. The van der Waals surface area contributed by atoms with Gasteiger partial charge in [0.2, 0.25) is 0 Å². The summed E-state index contributed by atoms with van der Waals surface area (Å²) < 4.78 is 11.2. The molecule has 0 nitrogen and oxygen atoms in total. The molecule has 0 amide bonds. The Morgan fingerprint density at radius 3 is 1.50 bits per heavy atom. The van der Waals surface area contributed by atoms with Gasteiger partial charge in [0.15, 0.2) is 0 Å². The van der Waals surface area contributed by atoms with Crippen molar-refractivity contribution in [2.45, 2.75) is 11.0 Å². The zero-order valence-corrected chi connectivity index (χ0v) is 5.38. The Hall–Kier alpha value is 0.566. The first-order chi connectivity index (χ1) is 1.73. The van der Waals surface area contributed by atoms with Crippen LogP contribution in [0.15, 0.2) is 0 Å². The van der Waals surface area contributed by atoms with Crippen LogP contribution in [-0.2, 0) is 0 Å². The van der Waals surface area contributed by atoms with Gasteiger partial charge in [-0.25, -0.2) is 0 Å². The minimum absolute atomic E-state index is 1.69. The fourth-order valence-electron chi connectivity index (χ4n) is 0. The molecule has 4 heavy (non-hydrogen) atoms. The van der Waals surface area contributed by atoms with Crippen molar-refractivity contribution in [1.82, 2.24) is 0 Å². The third-order valence-corrected chi connectivity index (χ3v) is 0. The van der Waals surface area contributed by atoms with E-state index in [1.165, 1.54) is 0 Å². The van der Waals surface area contributed by atoms with E-state index in [9.17, 15) is 3.29 Å². The first-order valence-corrected chi connectivity index (χ1v) is 7.13. The summed E-state index contributed by atoms with van der Waals surface area (Å²) in [6, 6.07) is 0. The van der Waals surface area contributed by atoms with Crippen LogP contribution in [0.3, 0.4) is 0 Å². The van der Waals surface area contributed by atoms with Crippen LogP contribution >= 0.6 is 0 Å². The van der Waals surface area contributed by atoms with E-state index in [2.05, 4.69) is 0 Å². The van der Waals surface area contributed by atoms with Crippen LogP contribution in [0.1, 0.15) is 0 Å². The molecule has 24 valence electrons. The molecule has 0 N–H and O–H groups in total. The molecule has 0 spiro atoms. The first kappa shape index (κ1) is 4.57. The average Bonchev–Trinajstić information content (AvgIpc) is 0.811. The van der Waals surface area contributed by atoms with E-state index in [1.54, 1.807) is 11.0 Å². The topological polar surface area (TPSA) is 0 Å². The zero-order valence-electron chi connectivity index (χ0n) is 2.96. The second kappa shape index (κ2) is 1.85. The third kappa shape index (κ3) is 19.6. The fraction of sp³-hybridized carbons (Fsp3) is 1.00. The normalized spacial score (nSPS) is 6.75. The van der Waals surface area contributed by atoms with E-state index < -0.39 is 16.7 Å². The molecule has 0 saturated carbocycles. The van der Waals surface area contributed by atoms with Crippen LogP contribution in [0, 0.1) is 0 Å². The summed E-state index contributed by atoms with van der Waals surface area (Å²) in [6.07, 6.45) is 0. The van der Waals surface area contributed by atoms with Crippen LogP contribution in [0.25, 0.3) is 0 Å². The maximum atomic E-state index is 11.2. The molecular formula is C2H6FGa. The van der Waals surface area contributed by atoms with Gasteiger partial charge in [0.05, 0.1) is 0 Å². The molecular weight excluding hydrogens is 113 g/mol.